The van der Waals surface area contributed by atoms with E-state index in [4.69, 9.17) is 11.6 Å². The molecule has 1 aliphatic heterocycles. The number of carbonyl (C=O) groups is 3. The molecule has 38 heavy (non-hydrogen) atoms. The number of halogens is 1. The van der Waals surface area contributed by atoms with Crippen LogP contribution in [-0.4, -0.2) is 57.6 Å². The smallest absolute Gasteiger partial charge is 0.411 e. The lowest BCUT2D eigenvalue weighted by molar-refractivity contribution is -0.119. The Hall–Kier alpha value is -4.34. The quantitative estimate of drug-likeness (QED) is 0.370. The molecule has 0 aliphatic carbocycles. The summed E-state index contributed by atoms with van der Waals surface area (Å²) in [5, 5.41) is 9.40. The average molecular weight is 534 g/mol. The average Bonchev–Trinajstić information content (AvgIpc) is 3.21. The highest BCUT2D eigenvalue weighted by Gasteiger charge is 2.28. The Morgan fingerprint density at radius 2 is 1.55 bits per heavy atom. The fraction of sp³-hybridized carbons (Fsp3) is 0.179. The number of nitrogens with zero attached hydrogens (tertiary/aromatic N) is 2. The molecule has 0 saturated heterocycles. The van der Waals surface area contributed by atoms with Gasteiger partial charge in [-0.15, -0.1) is 0 Å². The summed E-state index contributed by atoms with van der Waals surface area (Å²) in [7, 11) is 6.71. The summed E-state index contributed by atoms with van der Waals surface area (Å²) in [6.07, 6.45) is -0.579. The highest BCUT2D eigenvalue weighted by atomic mass is 35.5. The van der Waals surface area contributed by atoms with E-state index in [-0.39, 0.29) is 11.8 Å². The summed E-state index contributed by atoms with van der Waals surface area (Å²) < 4.78 is 4.65. The number of fused-ring (bicyclic) bond motifs is 1. The molecule has 3 aromatic carbocycles. The second-order valence-corrected chi connectivity index (χ2v) is 9.39. The molecule has 4 rings (SSSR count). The van der Waals surface area contributed by atoms with Gasteiger partial charge in [-0.2, -0.15) is 0 Å². The third kappa shape index (κ3) is 5.96. The third-order valence-corrected chi connectivity index (χ3v) is 6.17. The molecule has 0 aromatic heterocycles. The number of anilines is 4. The summed E-state index contributed by atoms with van der Waals surface area (Å²) in [6, 6.07) is 19.6. The molecule has 3 amide bonds. The van der Waals surface area contributed by atoms with Gasteiger partial charge in [-0.25, -0.2) is 4.79 Å². The largest absolute Gasteiger partial charge is 0.453 e. The van der Waals surface area contributed by atoms with E-state index in [1.165, 1.54) is 7.11 Å². The van der Waals surface area contributed by atoms with Crippen molar-refractivity contribution in [2.45, 2.75) is 0 Å². The van der Waals surface area contributed by atoms with E-state index in [0.717, 1.165) is 16.9 Å². The van der Waals surface area contributed by atoms with Gasteiger partial charge < -0.3 is 25.2 Å². The van der Waals surface area contributed by atoms with Crippen LogP contribution in [0.3, 0.4) is 0 Å². The van der Waals surface area contributed by atoms with Crippen LogP contribution in [0.5, 0.6) is 0 Å². The Morgan fingerprint density at radius 1 is 0.921 bits per heavy atom. The molecule has 0 bridgehead atoms. The van der Waals surface area contributed by atoms with Gasteiger partial charge in [-0.1, -0.05) is 29.8 Å². The van der Waals surface area contributed by atoms with E-state index in [0.29, 0.717) is 39.8 Å². The van der Waals surface area contributed by atoms with Crippen LogP contribution in [0.1, 0.15) is 11.1 Å². The molecule has 0 atom stereocenters. The van der Waals surface area contributed by atoms with Crippen molar-refractivity contribution in [1.29, 1.82) is 0 Å². The van der Waals surface area contributed by atoms with E-state index < -0.39 is 6.09 Å². The molecule has 9 nitrogen and oxygen atoms in total. The highest BCUT2D eigenvalue weighted by Crippen LogP contribution is 2.39. The monoisotopic (exact) mass is 533 g/mol. The minimum Gasteiger partial charge on any atom is -0.453 e. The number of hydrogen-bond acceptors (Lipinski definition) is 6. The molecule has 10 heteroatoms. The minimum atomic E-state index is -0.579. The van der Waals surface area contributed by atoms with Crippen LogP contribution < -0.4 is 20.9 Å². The molecule has 0 unspecified atom stereocenters. The maximum absolute atomic E-state index is 13.1. The van der Waals surface area contributed by atoms with E-state index >= 15 is 0 Å². The van der Waals surface area contributed by atoms with Gasteiger partial charge in [0.15, 0.2) is 0 Å². The fourth-order valence-corrected chi connectivity index (χ4v) is 4.17. The van der Waals surface area contributed by atoms with Gasteiger partial charge in [0.25, 0.3) is 5.91 Å². The maximum atomic E-state index is 13.1. The van der Waals surface area contributed by atoms with E-state index in [9.17, 15) is 14.4 Å². The molecule has 3 aromatic rings. The summed E-state index contributed by atoms with van der Waals surface area (Å²) in [6.45, 7) is 0.298. The van der Waals surface area contributed by atoms with Crippen molar-refractivity contribution in [2.75, 3.05) is 55.6 Å². The van der Waals surface area contributed by atoms with Crippen LogP contribution in [0.25, 0.3) is 11.3 Å². The number of likely N-dealkylation sites (N-methyl/N-ethyl adjacent to an activating group) is 2. The van der Waals surface area contributed by atoms with Crippen molar-refractivity contribution in [2.24, 2.45) is 0 Å². The molecular weight excluding hydrogens is 506 g/mol. The Kier molecular flexibility index (Phi) is 7.99. The molecule has 1 aliphatic rings. The lowest BCUT2D eigenvalue weighted by atomic mass is 9.99. The third-order valence-electron chi connectivity index (χ3n) is 5.93. The van der Waals surface area contributed by atoms with Crippen molar-refractivity contribution in [3.05, 3.63) is 82.9 Å². The summed E-state index contributed by atoms with van der Waals surface area (Å²) in [5.41, 5.74) is 5.08. The summed E-state index contributed by atoms with van der Waals surface area (Å²) in [4.78, 5) is 40.6. The number of nitrogens with one attached hydrogen (secondary N) is 3. The standard InChI is InChI=1S/C28H28ClN5O4/c1-33(2)16-24(35)34(3)21-12-10-19(11-13-21)30-26(17-5-8-20(9-6-17)31-28(37)38-4)25-22-14-7-18(29)15-23(22)32-27(25)36/h5-15,30H,16H2,1-4H3,(H,31,37)(H,32,36)/b26-25-. The SMILES string of the molecule is COC(=O)Nc1ccc(/C(Nc2ccc(N(C)C(=O)CN(C)C)cc2)=C2/C(=O)Nc3cc(Cl)ccc32)cc1. The Bertz CT molecular complexity index is 1400. The van der Waals surface area contributed by atoms with Crippen molar-refractivity contribution >= 4 is 63.5 Å². The number of ether oxygens (including phenoxy) is 1. The first kappa shape index (κ1) is 26.7. The van der Waals surface area contributed by atoms with E-state index in [1.54, 1.807) is 54.4 Å². The Labute approximate surface area is 226 Å². The van der Waals surface area contributed by atoms with Gasteiger partial charge in [0, 0.05) is 34.7 Å². The molecule has 1 heterocycles. The fourth-order valence-electron chi connectivity index (χ4n) is 3.99. The minimum absolute atomic E-state index is 0.0305. The van der Waals surface area contributed by atoms with Gasteiger partial charge in [0.1, 0.15) is 0 Å². The Balaban J connectivity index is 1.71. The number of hydrogen-bond donors (Lipinski definition) is 3. The maximum Gasteiger partial charge on any atom is 0.411 e. The van der Waals surface area contributed by atoms with Crippen LogP contribution in [0.15, 0.2) is 66.7 Å². The molecule has 3 N–H and O–H groups in total. The van der Waals surface area contributed by atoms with Crippen LogP contribution in [0, 0.1) is 0 Å². The Morgan fingerprint density at radius 3 is 2.18 bits per heavy atom. The van der Waals surface area contributed by atoms with Gasteiger partial charge in [0.05, 0.1) is 30.6 Å². The van der Waals surface area contributed by atoms with Crippen molar-refractivity contribution < 1.29 is 19.1 Å². The zero-order chi connectivity index (χ0) is 27.4. The lowest BCUT2D eigenvalue weighted by Crippen LogP contribution is -2.34. The molecule has 0 fully saturated rings. The number of benzene rings is 3. The lowest BCUT2D eigenvalue weighted by Gasteiger charge is -2.20. The topological polar surface area (TPSA) is 103 Å². The number of carbonyl (C=O) groups excluding carboxylic acids is 3. The zero-order valence-electron chi connectivity index (χ0n) is 21.5. The second kappa shape index (κ2) is 11.4. The van der Waals surface area contributed by atoms with Crippen LogP contribution in [0.4, 0.5) is 27.5 Å². The first-order valence-corrected chi connectivity index (χ1v) is 12.1. The van der Waals surface area contributed by atoms with Crippen molar-refractivity contribution in [3.63, 3.8) is 0 Å². The van der Waals surface area contributed by atoms with Gasteiger partial charge in [-0.05, 0) is 68.2 Å². The van der Waals surface area contributed by atoms with Gasteiger partial charge >= 0.3 is 6.09 Å². The first-order chi connectivity index (χ1) is 18.2. The molecule has 0 radical (unpaired) electrons. The molecular formula is C28H28ClN5O4. The highest BCUT2D eigenvalue weighted by molar-refractivity contribution is 6.38. The normalized spacial score (nSPS) is 13.5. The zero-order valence-corrected chi connectivity index (χ0v) is 22.2. The van der Waals surface area contributed by atoms with Gasteiger partial charge in [0.2, 0.25) is 5.91 Å². The number of methoxy groups -OCH3 is 1. The second-order valence-electron chi connectivity index (χ2n) is 8.95. The molecule has 0 spiro atoms. The predicted octanol–water partition coefficient (Wildman–Crippen LogP) is 4.98. The van der Waals surface area contributed by atoms with Crippen molar-refractivity contribution in [3.8, 4) is 0 Å². The van der Waals surface area contributed by atoms with E-state index in [1.807, 2.05) is 43.3 Å². The summed E-state index contributed by atoms with van der Waals surface area (Å²) in [5.74, 6) is -0.302. The van der Waals surface area contributed by atoms with E-state index in [2.05, 4.69) is 20.7 Å². The van der Waals surface area contributed by atoms with Crippen LogP contribution >= 0.6 is 11.6 Å². The van der Waals surface area contributed by atoms with Crippen LogP contribution in [0.2, 0.25) is 5.02 Å². The van der Waals surface area contributed by atoms with Crippen molar-refractivity contribution in [1.82, 2.24) is 4.90 Å². The number of rotatable bonds is 7. The number of amides is 3. The predicted molar refractivity (Wildman–Crippen MR) is 151 cm³/mol. The molecule has 0 saturated carbocycles. The van der Waals surface area contributed by atoms with Crippen LogP contribution in [-0.2, 0) is 14.3 Å². The first-order valence-electron chi connectivity index (χ1n) is 11.8. The summed E-state index contributed by atoms with van der Waals surface area (Å²) >= 11 is 6.15. The van der Waals surface area contributed by atoms with Gasteiger partial charge in [-0.3, -0.25) is 14.9 Å². The molecule has 196 valence electrons.